The van der Waals surface area contributed by atoms with E-state index >= 15 is 0 Å². The van der Waals surface area contributed by atoms with Gasteiger partial charge in [-0.25, -0.2) is 0 Å². The number of hydrogen-bond acceptors (Lipinski definition) is 2. The van der Waals surface area contributed by atoms with Gasteiger partial charge in [0.15, 0.2) is 0 Å². The highest BCUT2D eigenvalue weighted by Crippen LogP contribution is 2.29. The van der Waals surface area contributed by atoms with Gasteiger partial charge in [-0.05, 0) is 24.1 Å². The summed E-state index contributed by atoms with van der Waals surface area (Å²) < 4.78 is 5.57. The summed E-state index contributed by atoms with van der Waals surface area (Å²) in [5.41, 5.74) is 8.02. The highest BCUT2D eigenvalue weighted by atomic mass is 16.5. The summed E-state index contributed by atoms with van der Waals surface area (Å²) in [5, 5.41) is 0. The van der Waals surface area contributed by atoms with Crippen molar-refractivity contribution >= 4 is 0 Å². The Morgan fingerprint density at radius 1 is 1.58 bits per heavy atom. The van der Waals surface area contributed by atoms with Crippen molar-refractivity contribution in [3.63, 3.8) is 0 Å². The number of ether oxygens (including phenoxy) is 1. The van der Waals surface area contributed by atoms with Crippen LogP contribution in [0.1, 0.15) is 18.1 Å². The molecule has 0 amide bonds. The molecule has 1 aromatic rings. The summed E-state index contributed by atoms with van der Waals surface area (Å²) in [7, 11) is 0. The number of hydrogen-bond donors (Lipinski definition) is 1. The molecule has 0 aliphatic carbocycles. The Morgan fingerprint density at radius 2 is 2.42 bits per heavy atom. The fourth-order valence-electron chi connectivity index (χ4n) is 1.60. The van der Waals surface area contributed by atoms with Crippen LogP contribution in [-0.4, -0.2) is 6.10 Å². The molecule has 0 fully saturated rings. The predicted molar refractivity (Wildman–Crippen MR) is 48.1 cm³/mol. The second-order valence-corrected chi connectivity index (χ2v) is 3.28. The lowest BCUT2D eigenvalue weighted by atomic mass is 10.1. The first kappa shape index (κ1) is 7.62. The normalized spacial score (nSPS) is 20.3. The van der Waals surface area contributed by atoms with E-state index in [1.54, 1.807) is 0 Å². The Hall–Kier alpha value is -1.02. The number of nitrogens with two attached hydrogens (primary N) is 1. The van der Waals surface area contributed by atoms with Crippen LogP contribution in [0.3, 0.4) is 0 Å². The van der Waals surface area contributed by atoms with Crippen LogP contribution in [0.2, 0.25) is 0 Å². The molecular formula is C10H13NO. The first-order valence-corrected chi connectivity index (χ1v) is 4.28. The van der Waals surface area contributed by atoms with Crippen molar-refractivity contribution in [2.75, 3.05) is 0 Å². The molecule has 64 valence electrons. The quantitative estimate of drug-likeness (QED) is 0.680. The van der Waals surface area contributed by atoms with E-state index in [-0.39, 0.29) is 0 Å². The monoisotopic (exact) mass is 163 g/mol. The van der Waals surface area contributed by atoms with Crippen molar-refractivity contribution in [3.8, 4) is 5.75 Å². The summed E-state index contributed by atoms with van der Waals surface area (Å²) >= 11 is 0. The zero-order valence-electron chi connectivity index (χ0n) is 7.21. The fraction of sp³-hybridized carbons (Fsp3) is 0.400. The van der Waals surface area contributed by atoms with Gasteiger partial charge in [0.25, 0.3) is 0 Å². The van der Waals surface area contributed by atoms with Gasteiger partial charge >= 0.3 is 0 Å². The molecule has 2 heteroatoms. The average molecular weight is 163 g/mol. The molecule has 1 aliphatic heterocycles. The third kappa shape index (κ3) is 1.18. The second kappa shape index (κ2) is 2.79. The molecule has 2 N–H and O–H groups in total. The molecule has 2 rings (SSSR count). The van der Waals surface area contributed by atoms with Crippen LogP contribution in [-0.2, 0) is 13.0 Å². The molecule has 1 atom stereocenters. The molecule has 0 aromatic heterocycles. The molecule has 0 saturated heterocycles. The highest BCUT2D eigenvalue weighted by Gasteiger charge is 2.18. The average Bonchev–Trinajstić information content (AvgIpc) is 2.43. The molecular weight excluding hydrogens is 150 g/mol. The fourth-order valence-corrected chi connectivity index (χ4v) is 1.60. The standard InChI is InChI=1S/C10H13NO/c1-7-4-9-5-8(6-11)2-3-10(9)12-7/h2-3,5,7H,4,6,11H2,1H3/t7-/m1/s1. The number of fused-ring (bicyclic) bond motifs is 1. The van der Waals surface area contributed by atoms with Crippen molar-refractivity contribution in [3.05, 3.63) is 29.3 Å². The van der Waals surface area contributed by atoms with Crippen molar-refractivity contribution in [1.29, 1.82) is 0 Å². The van der Waals surface area contributed by atoms with Crippen molar-refractivity contribution in [1.82, 2.24) is 0 Å². The van der Waals surface area contributed by atoms with Crippen LogP contribution < -0.4 is 10.5 Å². The van der Waals surface area contributed by atoms with Crippen molar-refractivity contribution in [2.24, 2.45) is 5.73 Å². The van der Waals surface area contributed by atoms with Gasteiger partial charge in [0.1, 0.15) is 11.9 Å². The Morgan fingerprint density at radius 3 is 3.17 bits per heavy atom. The highest BCUT2D eigenvalue weighted by molar-refractivity contribution is 5.40. The van der Waals surface area contributed by atoms with Crippen LogP contribution in [0, 0.1) is 0 Å². The molecule has 0 unspecified atom stereocenters. The molecule has 0 spiro atoms. The molecule has 1 aromatic carbocycles. The first-order valence-electron chi connectivity index (χ1n) is 4.28. The van der Waals surface area contributed by atoms with Crippen LogP contribution in [0.5, 0.6) is 5.75 Å². The summed E-state index contributed by atoms with van der Waals surface area (Å²) in [6.07, 6.45) is 1.34. The zero-order valence-corrected chi connectivity index (χ0v) is 7.21. The topological polar surface area (TPSA) is 35.2 Å². The van der Waals surface area contributed by atoms with Gasteiger partial charge in [0.05, 0.1) is 0 Å². The zero-order chi connectivity index (χ0) is 8.55. The third-order valence-electron chi connectivity index (χ3n) is 2.20. The van der Waals surface area contributed by atoms with E-state index in [4.69, 9.17) is 10.5 Å². The SMILES string of the molecule is C[C@@H]1Cc2cc(CN)ccc2O1. The molecule has 2 nitrogen and oxygen atoms in total. The van der Waals surface area contributed by atoms with E-state index in [1.807, 2.05) is 12.1 Å². The minimum absolute atomic E-state index is 0.327. The lowest BCUT2D eigenvalue weighted by Gasteiger charge is -2.02. The largest absolute Gasteiger partial charge is 0.490 e. The van der Waals surface area contributed by atoms with E-state index in [9.17, 15) is 0 Å². The lowest BCUT2D eigenvalue weighted by Crippen LogP contribution is -2.05. The number of rotatable bonds is 1. The van der Waals surface area contributed by atoms with E-state index in [2.05, 4.69) is 13.0 Å². The Balaban J connectivity index is 2.35. The van der Waals surface area contributed by atoms with Crippen LogP contribution in [0.25, 0.3) is 0 Å². The summed E-state index contributed by atoms with van der Waals surface area (Å²) in [5.74, 6) is 1.03. The molecule has 0 saturated carbocycles. The van der Waals surface area contributed by atoms with E-state index in [0.29, 0.717) is 12.6 Å². The van der Waals surface area contributed by atoms with Gasteiger partial charge in [-0.3, -0.25) is 0 Å². The van der Waals surface area contributed by atoms with Gasteiger partial charge in [-0.2, -0.15) is 0 Å². The first-order chi connectivity index (χ1) is 5.79. The van der Waals surface area contributed by atoms with Crippen molar-refractivity contribution < 1.29 is 4.74 Å². The lowest BCUT2D eigenvalue weighted by molar-refractivity contribution is 0.254. The van der Waals surface area contributed by atoms with Gasteiger partial charge in [-0.1, -0.05) is 12.1 Å². The molecule has 0 bridgehead atoms. The second-order valence-electron chi connectivity index (χ2n) is 3.28. The molecule has 1 heterocycles. The van der Waals surface area contributed by atoms with Gasteiger partial charge in [0, 0.05) is 13.0 Å². The summed E-state index contributed by atoms with van der Waals surface area (Å²) in [6.45, 7) is 2.70. The van der Waals surface area contributed by atoms with E-state index < -0.39 is 0 Å². The maximum absolute atomic E-state index is 5.57. The predicted octanol–water partition coefficient (Wildman–Crippen LogP) is 1.47. The molecule has 1 aliphatic rings. The summed E-state index contributed by atoms with van der Waals surface area (Å²) in [6, 6.07) is 6.18. The van der Waals surface area contributed by atoms with Gasteiger partial charge in [-0.15, -0.1) is 0 Å². The Bertz CT molecular complexity index is 296. The van der Waals surface area contributed by atoms with Crippen molar-refractivity contribution in [2.45, 2.75) is 26.0 Å². The summed E-state index contributed by atoms with van der Waals surface area (Å²) in [4.78, 5) is 0. The van der Waals surface area contributed by atoms with Crippen LogP contribution in [0.15, 0.2) is 18.2 Å². The maximum Gasteiger partial charge on any atom is 0.123 e. The maximum atomic E-state index is 5.57. The minimum atomic E-state index is 0.327. The minimum Gasteiger partial charge on any atom is -0.490 e. The van der Waals surface area contributed by atoms with Gasteiger partial charge < -0.3 is 10.5 Å². The van der Waals surface area contributed by atoms with E-state index in [1.165, 1.54) is 11.1 Å². The van der Waals surface area contributed by atoms with E-state index in [0.717, 1.165) is 12.2 Å². The molecule has 12 heavy (non-hydrogen) atoms. The smallest absolute Gasteiger partial charge is 0.123 e. The number of benzene rings is 1. The Labute approximate surface area is 72.3 Å². The van der Waals surface area contributed by atoms with Crippen LogP contribution >= 0.6 is 0 Å². The van der Waals surface area contributed by atoms with Crippen LogP contribution in [0.4, 0.5) is 0 Å². The molecule has 0 radical (unpaired) electrons. The Kier molecular flexibility index (Phi) is 1.77. The third-order valence-corrected chi connectivity index (χ3v) is 2.20. The van der Waals surface area contributed by atoms with Gasteiger partial charge in [0.2, 0.25) is 0 Å².